The number of aromatic amines is 1. The average Bonchev–Trinajstić information content (AvgIpc) is 1.51. The summed E-state index contributed by atoms with van der Waals surface area (Å²) in [7, 11) is -2.75. The predicted molar refractivity (Wildman–Crippen MR) is 345 cm³/mol. The Kier molecular flexibility index (Phi) is 20.3. The molecule has 21 nitrogen and oxygen atoms in total. The van der Waals surface area contributed by atoms with Crippen molar-refractivity contribution in [2.45, 2.75) is 129 Å². The summed E-state index contributed by atoms with van der Waals surface area (Å²) in [5.74, 6) is -5.34. The molecule has 494 valence electrons. The molecule has 7 heterocycles. The molecule has 4 fully saturated rings. The predicted octanol–water partition coefficient (Wildman–Crippen LogP) is 8.04. The number of fused-ring (bicyclic) bond motifs is 1. The number of amides is 3. The van der Waals surface area contributed by atoms with Crippen LogP contribution in [0.5, 0.6) is 0 Å². The molecule has 3 aromatic carbocycles. The summed E-state index contributed by atoms with van der Waals surface area (Å²) in [5, 5.41) is 6.35. The first-order valence-corrected chi connectivity index (χ1v) is 33.4. The highest BCUT2D eigenvalue weighted by Gasteiger charge is 2.47. The van der Waals surface area contributed by atoms with E-state index >= 15 is 8.78 Å². The minimum Gasteiger partial charge on any atom is -0.460 e. The number of nitrogens with one attached hydrogen (secondary N) is 4. The molecule has 6 aromatic rings. The minimum absolute atomic E-state index is 0.0151. The Hall–Kier alpha value is -7.33. The highest BCUT2D eigenvalue weighted by molar-refractivity contribution is 7.90. The second kappa shape index (κ2) is 27.7. The van der Waals surface area contributed by atoms with E-state index in [1.807, 2.05) is 114 Å². The van der Waals surface area contributed by atoms with Crippen molar-refractivity contribution < 1.29 is 59.8 Å². The van der Waals surface area contributed by atoms with Gasteiger partial charge >= 0.3 is 16.2 Å². The van der Waals surface area contributed by atoms with E-state index in [-0.39, 0.29) is 63.0 Å². The number of likely N-dealkylation sites (tertiary alicyclic amines) is 2. The van der Waals surface area contributed by atoms with Crippen molar-refractivity contribution in [3.63, 3.8) is 0 Å². The van der Waals surface area contributed by atoms with Gasteiger partial charge in [0.2, 0.25) is 23.5 Å². The molecule has 4 atom stereocenters. The molecule has 4 N–H and O–H groups in total. The lowest BCUT2D eigenvalue weighted by molar-refractivity contribution is -0.156. The molecule has 92 heavy (non-hydrogen) atoms. The van der Waals surface area contributed by atoms with E-state index in [1.165, 1.54) is 11.1 Å². The van der Waals surface area contributed by atoms with E-state index in [9.17, 15) is 36.8 Å². The van der Waals surface area contributed by atoms with E-state index in [2.05, 4.69) is 35.4 Å². The number of halogens is 3. The third kappa shape index (κ3) is 15.8. The van der Waals surface area contributed by atoms with Gasteiger partial charge in [-0.15, -0.1) is 11.3 Å². The zero-order valence-electron chi connectivity index (χ0n) is 53.4. The van der Waals surface area contributed by atoms with Crippen molar-refractivity contribution in [3.8, 4) is 21.6 Å². The number of nitrogens with zero attached hydrogens (tertiary/aromatic N) is 7. The van der Waals surface area contributed by atoms with Gasteiger partial charge in [-0.3, -0.25) is 38.5 Å². The Labute approximate surface area is 538 Å². The number of piperazine rings is 1. The third-order valence-corrected chi connectivity index (χ3v) is 20.2. The number of methoxy groups -OCH3 is 1. The minimum atomic E-state index is -4.39. The molecule has 3 aromatic heterocycles. The molecular formula is C66H82F3N11O10S2. The van der Waals surface area contributed by atoms with Gasteiger partial charge in [-0.2, -0.15) is 12.7 Å². The summed E-state index contributed by atoms with van der Waals surface area (Å²) in [5.41, 5.74) is 3.59. The quantitative estimate of drug-likeness (QED) is 0.0331. The van der Waals surface area contributed by atoms with Gasteiger partial charge in [0.05, 0.1) is 64.7 Å². The second-order valence-corrected chi connectivity index (χ2v) is 29.1. The molecule has 4 aliphatic heterocycles. The summed E-state index contributed by atoms with van der Waals surface area (Å²) >= 11 is 1.55. The number of pyridine rings is 1. The molecule has 0 unspecified atom stereocenters. The Balaban J connectivity index is 0.722. The zero-order valence-corrected chi connectivity index (χ0v) is 55.1. The van der Waals surface area contributed by atoms with Crippen LogP contribution in [0.3, 0.4) is 0 Å². The van der Waals surface area contributed by atoms with E-state index in [4.69, 9.17) is 14.2 Å². The maximum atomic E-state index is 15.9. The van der Waals surface area contributed by atoms with Gasteiger partial charge in [-0.05, 0) is 99.9 Å². The van der Waals surface area contributed by atoms with Crippen molar-refractivity contribution in [3.05, 3.63) is 119 Å². The molecule has 26 heteroatoms. The Morgan fingerprint density at radius 2 is 1.55 bits per heavy atom. The Morgan fingerprint density at radius 1 is 0.848 bits per heavy atom. The molecule has 4 saturated heterocycles. The fourth-order valence-corrected chi connectivity index (χ4v) is 14.2. The highest BCUT2D eigenvalue weighted by Crippen LogP contribution is 2.34. The number of aryl methyl sites for hydroxylation is 1. The van der Waals surface area contributed by atoms with Crippen LogP contribution in [0.2, 0.25) is 0 Å². The molecule has 10 rings (SSSR count). The van der Waals surface area contributed by atoms with Gasteiger partial charge in [0.25, 0.3) is 0 Å². The van der Waals surface area contributed by atoms with Gasteiger partial charge in [0.15, 0.2) is 5.82 Å². The van der Waals surface area contributed by atoms with E-state index in [0.29, 0.717) is 42.7 Å². The number of thiazole rings is 1. The molecule has 3 amide bonds. The average molecular weight is 1310 g/mol. The number of carbonyl (C=O) groups excluding carboxylic acids is 5. The summed E-state index contributed by atoms with van der Waals surface area (Å²) < 4.78 is 91.3. The van der Waals surface area contributed by atoms with Crippen LogP contribution < -0.4 is 20.3 Å². The number of esters is 1. The number of hydrogen-bond donors (Lipinski definition) is 4. The number of aromatic nitrogens is 3. The first-order valence-electron chi connectivity index (χ1n) is 31.0. The van der Waals surface area contributed by atoms with Crippen molar-refractivity contribution in [2.75, 3.05) is 88.8 Å². The normalized spacial score (nSPS) is 19.3. The molecule has 0 aliphatic carbocycles. The van der Waals surface area contributed by atoms with Gasteiger partial charge < -0.3 is 39.6 Å². The van der Waals surface area contributed by atoms with Crippen LogP contribution >= 0.6 is 11.3 Å². The van der Waals surface area contributed by atoms with Crippen molar-refractivity contribution in [1.82, 2.24) is 44.6 Å². The standard InChI is InChI=1S/C66H82F3N11O10S2/c1-40-59(91-39-73-40)43-12-10-41(11-13-43)31-72-62(84)53-29-48(90-55(82)30-66(7,8)89-27-21-65(5,6)88-9)37-80(53)63(85)60(64(2,3)4)74-54(81)38-76-35-47(36-76)78-25-23-77(24-26-78)46-16-14-42(15-17-46)44-28-49-50(33-71-61(49)70-32-44)58(83)56-51(68)18-19-52(57(56)69)75-92(86,87)79-22-20-45(67)34-79/h10-19,28,32-33,39,45,47-48,53,60,75H,20-27,29-31,34-38H2,1-9H3,(H,70,71)(H,72,84)(H,74,81)/t45-,48-,53+,60-/m1/s1. The highest BCUT2D eigenvalue weighted by atomic mass is 32.2. The summed E-state index contributed by atoms with van der Waals surface area (Å²) in [6, 6.07) is 17.3. The third-order valence-electron chi connectivity index (χ3n) is 17.8. The fourth-order valence-electron chi connectivity index (χ4n) is 12.1. The van der Waals surface area contributed by atoms with Crippen molar-refractivity contribution >= 4 is 73.4 Å². The van der Waals surface area contributed by atoms with Gasteiger partial charge in [0.1, 0.15) is 35.8 Å². The zero-order chi connectivity index (χ0) is 66.0. The number of alkyl halides is 1. The Morgan fingerprint density at radius 3 is 2.21 bits per heavy atom. The lowest BCUT2D eigenvalue weighted by Crippen LogP contribution is -2.65. The fraction of sp³-hybridized carbons (Fsp3) is 0.500. The smallest absolute Gasteiger partial charge is 0.309 e. The number of anilines is 2. The maximum absolute atomic E-state index is 15.9. The molecule has 0 spiro atoms. The summed E-state index contributed by atoms with van der Waals surface area (Å²) in [6.45, 7) is 19.5. The number of hydrogen-bond acceptors (Lipinski definition) is 16. The number of carbonyl (C=O) groups is 5. The first kappa shape index (κ1) is 67.6. The van der Waals surface area contributed by atoms with Crippen LogP contribution in [0.25, 0.3) is 32.6 Å². The molecule has 0 bridgehead atoms. The van der Waals surface area contributed by atoms with Gasteiger partial charge in [-0.1, -0.05) is 57.2 Å². The largest absolute Gasteiger partial charge is 0.460 e. The summed E-state index contributed by atoms with van der Waals surface area (Å²) in [4.78, 5) is 91.5. The van der Waals surface area contributed by atoms with Crippen molar-refractivity contribution in [1.29, 1.82) is 0 Å². The lowest BCUT2D eigenvalue weighted by Gasteiger charge is -2.48. The van der Waals surface area contributed by atoms with Crippen molar-refractivity contribution in [2.24, 2.45) is 5.41 Å². The van der Waals surface area contributed by atoms with Crippen LogP contribution in [-0.2, 0) is 50.1 Å². The van der Waals surface area contributed by atoms with Gasteiger partial charge in [-0.25, -0.2) is 23.1 Å². The number of ether oxygens (including phenoxy) is 3. The molecular weight excluding hydrogens is 1230 g/mol. The second-order valence-electron chi connectivity index (χ2n) is 26.6. The van der Waals surface area contributed by atoms with Crippen LogP contribution in [0.15, 0.2) is 84.6 Å². The maximum Gasteiger partial charge on any atom is 0.309 e. The summed E-state index contributed by atoms with van der Waals surface area (Å²) in [6.07, 6.45) is 1.35. The molecule has 0 saturated carbocycles. The Bertz CT molecular complexity index is 3790. The van der Waals surface area contributed by atoms with E-state index in [1.54, 1.807) is 36.2 Å². The number of ketones is 1. The number of benzene rings is 3. The van der Waals surface area contributed by atoms with Crippen LogP contribution in [-0.4, -0.2) is 193 Å². The van der Waals surface area contributed by atoms with E-state index in [0.717, 1.165) is 75.6 Å². The SMILES string of the molecule is COC(C)(C)CCOC(C)(C)CC(=O)O[C@@H]1C[C@@H](C(=O)NCc2ccc(-c3scnc3C)cc2)N(C(=O)[C@@H](NC(=O)CN2CC(N3CCN(c4ccc(-c5cnc6[nH]cc(C(=O)c7c(F)ccc(NS(=O)(=O)N8CC[C@@H](F)C8)c7F)c6c5)cc4)CC3)C2)C(C)(C)C)C1. The van der Waals surface area contributed by atoms with Crippen LogP contribution in [0.1, 0.15) is 101 Å². The number of H-pyrrole nitrogens is 1. The molecule has 0 radical (unpaired) electrons. The molecule has 4 aliphatic rings. The topological polar surface area (TPSA) is 241 Å². The lowest BCUT2D eigenvalue weighted by atomic mass is 9.85. The first-order chi connectivity index (χ1) is 43.5. The van der Waals surface area contributed by atoms with Gasteiger partial charge in [0, 0.05) is 113 Å². The van der Waals surface area contributed by atoms with E-state index < -0.39 is 104 Å². The number of rotatable bonds is 24. The van der Waals surface area contributed by atoms with Crippen LogP contribution in [0.4, 0.5) is 24.5 Å². The monoisotopic (exact) mass is 1310 g/mol. The van der Waals surface area contributed by atoms with Crippen LogP contribution in [0, 0.1) is 24.0 Å².